The second-order valence-corrected chi connectivity index (χ2v) is 8.68. The zero-order chi connectivity index (χ0) is 27.6. The molecule has 36 heavy (non-hydrogen) atoms. The Labute approximate surface area is 212 Å². The highest BCUT2D eigenvalue weighted by atomic mass is 19.1. The summed E-state index contributed by atoms with van der Waals surface area (Å²) in [5.74, 6) is 0. The van der Waals surface area contributed by atoms with Crippen molar-refractivity contribution < 1.29 is 18.0 Å². The first-order valence-corrected chi connectivity index (χ1v) is 11.7. The predicted molar refractivity (Wildman–Crippen MR) is 135 cm³/mol. The van der Waals surface area contributed by atoms with Crippen LogP contribution in [0.1, 0.15) is 39.0 Å². The molecule has 184 valence electrons. The second-order valence-electron chi connectivity index (χ2n) is 8.68. The van der Waals surface area contributed by atoms with Crippen LogP contribution in [0.4, 0.5) is 4.39 Å². The van der Waals surface area contributed by atoms with Gasteiger partial charge in [-0.2, -0.15) is 0 Å². The lowest BCUT2D eigenvalue weighted by Crippen LogP contribution is -2.37. The first-order chi connectivity index (χ1) is 18.7. The maximum atomic E-state index is 15.3. The predicted octanol–water partition coefficient (Wildman–Crippen LogP) is 4.48. The number of H-pyrrole nitrogens is 1. The second kappa shape index (κ2) is 10.0. The molecule has 7 heteroatoms. The van der Waals surface area contributed by atoms with Crippen molar-refractivity contribution in [2.24, 2.45) is 0 Å². The fourth-order valence-electron chi connectivity index (χ4n) is 4.68. The minimum absolute atomic E-state index is 0.166. The van der Waals surface area contributed by atoms with E-state index in [4.69, 9.17) is 13.6 Å². The Morgan fingerprint density at radius 2 is 1.50 bits per heavy atom. The van der Waals surface area contributed by atoms with Gasteiger partial charge in [0.05, 0.1) is 6.61 Å². The number of nitrogens with zero attached hydrogens (tertiary/aromatic N) is 1. The van der Waals surface area contributed by atoms with Gasteiger partial charge in [-0.1, -0.05) is 91.0 Å². The Hall–Kier alpha value is -3.81. The quantitative estimate of drug-likeness (QED) is 0.389. The van der Waals surface area contributed by atoms with Crippen LogP contribution < -0.4 is 11.2 Å². The summed E-state index contributed by atoms with van der Waals surface area (Å²) in [6, 6.07) is 28.8. The minimum Gasteiger partial charge on any atom is -0.358 e. The van der Waals surface area contributed by atoms with Gasteiger partial charge in [-0.05, 0) is 23.5 Å². The minimum atomic E-state index is -2.75. The van der Waals surface area contributed by atoms with Gasteiger partial charge in [0.1, 0.15) is 24.1 Å². The largest absolute Gasteiger partial charge is 0.358 e. The Balaban J connectivity index is 1.49. The van der Waals surface area contributed by atoms with Crippen molar-refractivity contribution in [3.8, 4) is 0 Å². The summed E-state index contributed by atoms with van der Waals surface area (Å²) in [4.78, 5) is 26.5. The van der Waals surface area contributed by atoms with E-state index in [9.17, 15) is 9.59 Å². The third-order valence-corrected chi connectivity index (χ3v) is 6.45. The Kier molecular flexibility index (Phi) is 5.69. The Bertz CT molecular complexity index is 1430. The zero-order valence-corrected chi connectivity index (χ0v) is 19.3. The number of halogens is 1. The standard InChI is InChI=1S/C29H27FN2O4/c1-20-18-32(28(34)31-27(20)33)26-17-24(30)25(36-26)19-35-29(21-11-5-2-6-12-21,22-13-7-3-8-14-22)23-15-9-4-10-16-23/h2-16,18,24-26H,17,19H2,1H3,(H,31,33,34)/t24-,25-,26-/m1/s1/i1D3. The van der Waals surface area contributed by atoms with E-state index in [1.807, 2.05) is 96.0 Å². The molecule has 1 aliphatic heterocycles. The van der Waals surface area contributed by atoms with Crippen LogP contribution in [-0.2, 0) is 15.1 Å². The van der Waals surface area contributed by atoms with E-state index in [1.165, 1.54) is 0 Å². The molecule has 0 spiro atoms. The summed E-state index contributed by atoms with van der Waals surface area (Å²) in [6.07, 6.45) is -2.96. The van der Waals surface area contributed by atoms with Gasteiger partial charge >= 0.3 is 5.69 Å². The molecule has 0 bridgehead atoms. The van der Waals surface area contributed by atoms with Crippen molar-refractivity contribution in [1.29, 1.82) is 0 Å². The van der Waals surface area contributed by atoms with Crippen LogP contribution in [0.3, 0.4) is 0 Å². The van der Waals surface area contributed by atoms with E-state index < -0.39 is 47.8 Å². The molecule has 3 atom stereocenters. The van der Waals surface area contributed by atoms with E-state index in [-0.39, 0.29) is 13.0 Å². The number of aryl methyl sites for hydroxylation is 1. The van der Waals surface area contributed by atoms with Crippen LogP contribution >= 0.6 is 0 Å². The monoisotopic (exact) mass is 489 g/mol. The molecule has 5 rings (SSSR count). The number of benzene rings is 3. The molecule has 0 unspecified atom stereocenters. The highest BCUT2D eigenvalue weighted by molar-refractivity contribution is 5.47. The van der Waals surface area contributed by atoms with Crippen LogP contribution in [0.25, 0.3) is 0 Å². The summed E-state index contributed by atoms with van der Waals surface area (Å²) in [5, 5.41) is 0. The Morgan fingerprint density at radius 3 is 2.00 bits per heavy atom. The smallest absolute Gasteiger partial charge is 0.330 e. The normalized spacial score (nSPS) is 21.5. The fraction of sp³-hybridized carbons (Fsp3) is 0.241. The lowest BCUT2D eigenvalue weighted by Gasteiger charge is -2.36. The van der Waals surface area contributed by atoms with Gasteiger partial charge in [0.2, 0.25) is 0 Å². The summed E-state index contributed by atoms with van der Waals surface area (Å²) in [5.41, 5.74) is -1.03. The zero-order valence-electron chi connectivity index (χ0n) is 22.3. The lowest BCUT2D eigenvalue weighted by atomic mass is 9.80. The summed E-state index contributed by atoms with van der Waals surface area (Å²) >= 11 is 0. The molecule has 0 radical (unpaired) electrons. The van der Waals surface area contributed by atoms with Crippen molar-refractivity contribution in [3.63, 3.8) is 0 Å². The molecule has 1 saturated heterocycles. The number of rotatable bonds is 7. The molecule has 1 aliphatic rings. The maximum Gasteiger partial charge on any atom is 0.330 e. The third-order valence-electron chi connectivity index (χ3n) is 6.45. The topological polar surface area (TPSA) is 73.3 Å². The molecule has 4 aromatic rings. The molecular formula is C29H27FN2O4. The molecule has 1 aromatic heterocycles. The van der Waals surface area contributed by atoms with Crippen LogP contribution in [0.15, 0.2) is 107 Å². The molecule has 0 amide bonds. The number of alkyl halides is 1. The van der Waals surface area contributed by atoms with Crippen molar-refractivity contribution in [1.82, 2.24) is 9.55 Å². The number of hydrogen-bond acceptors (Lipinski definition) is 4. The van der Waals surface area contributed by atoms with Gasteiger partial charge in [0.15, 0.2) is 0 Å². The van der Waals surface area contributed by atoms with Crippen molar-refractivity contribution in [2.75, 3.05) is 6.61 Å². The molecule has 3 aromatic carbocycles. The number of ether oxygens (including phenoxy) is 2. The van der Waals surface area contributed by atoms with E-state index in [0.29, 0.717) is 0 Å². The summed E-state index contributed by atoms with van der Waals surface area (Å²) in [7, 11) is 0. The van der Waals surface area contributed by atoms with E-state index in [0.717, 1.165) is 27.5 Å². The highest BCUT2D eigenvalue weighted by Crippen LogP contribution is 2.41. The first-order valence-electron chi connectivity index (χ1n) is 13.2. The van der Waals surface area contributed by atoms with Gasteiger partial charge in [-0.15, -0.1) is 0 Å². The van der Waals surface area contributed by atoms with E-state index in [1.54, 1.807) is 0 Å². The summed E-state index contributed by atoms with van der Waals surface area (Å²) in [6.45, 7) is -2.92. The molecule has 0 aliphatic carbocycles. The van der Waals surface area contributed by atoms with E-state index in [2.05, 4.69) is 0 Å². The SMILES string of the molecule is [2H]C([2H])([2H])c1cn([C@H]2C[C@@H](F)[C@@H](COC(c3ccccc3)(c3ccccc3)c3ccccc3)O2)c(=O)[nH]c1=O. The van der Waals surface area contributed by atoms with Gasteiger partial charge in [0, 0.05) is 22.3 Å². The van der Waals surface area contributed by atoms with Crippen molar-refractivity contribution in [3.05, 3.63) is 140 Å². The fourth-order valence-corrected chi connectivity index (χ4v) is 4.68. The number of aromatic amines is 1. The molecular weight excluding hydrogens is 459 g/mol. The Morgan fingerprint density at radius 1 is 0.972 bits per heavy atom. The molecule has 1 N–H and O–H groups in total. The van der Waals surface area contributed by atoms with Gasteiger partial charge in [-0.25, -0.2) is 9.18 Å². The van der Waals surface area contributed by atoms with Gasteiger partial charge in [-0.3, -0.25) is 14.3 Å². The molecule has 2 heterocycles. The lowest BCUT2D eigenvalue weighted by molar-refractivity contribution is -0.0868. The average molecular weight is 490 g/mol. The van der Waals surface area contributed by atoms with Crippen LogP contribution in [0.2, 0.25) is 0 Å². The number of nitrogens with one attached hydrogen (secondary N) is 1. The highest BCUT2D eigenvalue weighted by Gasteiger charge is 2.42. The van der Waals surface area contributed by atoms with E-state index >= 15 is 4.39 Å². The molecule has 0 saturated carbocycles. The van der Waals surface area contributed by atoms with Crippen molar-refractivity contribution in [2.45, 2.75) is 37.4 Å². The third kappa shape index (κ3) is 4.43. The first kappa shape index (κ1) is 20.4. The van der Waals surface area contributed by atoms with Crippen LogP contribution in [-0.4, -0.2) is 28.4 Å². The van der Waals surface area contributed by atoms with Crippen LogP contribution in [0, 0.1) is 6.85 Å². The molecule has 6 nitrogen and oxygen atoms in total. The number of hydrogen-bond donors (Lipinski definition) is 1. The average Bonchev–Trinajstić information content (AvgIpc) is 3.30. The summed E-state index contributed by atoms with van der Waals surface area (Å²) < 4.78 is 51.6. The number of aromatic nitrogens is 2. The van der Waals surface area contributed by atoms with Gasteiger partial charge < -0.3 is 9.47 Å². The van der Waals surface area contributed by atoms with Gasteiger partial charge in [0.25, 0.3) is 5.56 Å². The van der Waals surface area contributed by atoms with Crippen LogP contribution in [0.5, 0.6) is 0 Å². The van der Waals surface area contributed by atoms with Crippen molar-refractivity contribution >= 4 is 0 Å². The maximum absolute atomic E-state index is 15.3. The molecule has 1 fully saturated rings.